The Morgan fingerprint density at radius 1 is 1.26 bits per heavy atom. The summed E-state index contributed by atoms with van der Waals surface area (Å²) in [4.78, 5) is 6.48. The molecule has 102 valence electrons. The number of hydrogen-bond acceptors (Lipinski definition) is 5. The molecule has 0 aliphatic carbocycles. The number of hydrogen-bond donors (Lipinski definition) is 0. The number of likely N-dealkylation sites (N-methyl/N-ethyl adjacent to an activating group) is 1. The Morgan fingerprint density at radius 2 is 2.05 bits per heavy atom. The van der Waals surface area contributed by atoms with Crippen molar-refractivity contribution >= 4 is 0 Å². The van der Waals surface area contributed by atoms with E-state index in [-0.39, 0.29) is 0 Å². The van der Waals surface area contributed by atoms with Crippen LogP contribution in [0.4, 0.5) is 0 Å². The van der Waals surface area contributed by atoms with E-state index < -0.39 is 0 Å². The lowest BCUT2D eigenvalue weighted by molar-refractivity contribution is 0.152. The van der Waals surface area contributed by atoms with Crippen molar-refractivity contribution in [3.05, 3.63) is 47.6 Å². The fourth-order valence-electron chi connectivity index (χ4n) is 1.76. The average Bonchev–Trinajstić information content (AvgIpc) is 2.85. The minimum absolute atomic E-state index is 0.643. The molecule has 19 heavy (non-hydrogen) atoms. The summed E-state index contributed by atoms with van der Waals surface area (Å²) >= 11 is 0. The molecular formula is C14H19N3O2. The molecule has 0 spiro atoms. The van der Waals surface area contributed by atoms with E-state index in [1.807, 2.05) is 25.2 Å². The molecule has 2 aromatic rings. The van der Waals surface area contributed by atoms with Crippen LogP contribution in [-0.2, 0) is 17.7 Å². The molecule has 0 saturated heterocycles. The summed E-state index contributed by atoms with van der Waals surface area (Å²) in [5.41, 5.74) is 1.18. The van der Waals surface area contributed by atoms with E-state index >= 15 is 0 Å². The molecule has 0 saturated carbocycles. The summed E-state index contributed by atoms with van der Waals surface area (Å²) in [6.07, 6.45) is 0.701. The summed E-state index contributed by atoms with van der Waals surface area (Å²) in [5.74, 6) is 1.37. The Hall–Kier alpha value is -1.72. The first-order chi connectivity index (χ1) is 9.28. The van der Waals surface area contributed by atoms with Gasteiger partial charge in [0.05, 0.1) is 13.2 Å². The van der Waals surface area contributed by atoms with Crippen molar-refractivity contribution in [3.8, 4) is 0 Å². The molecule has 0 aliphatic heterocycles. The van der Waals surface area contributed by atoms with Crippen molar-refractivity contribution < 1.29 is 9.26 Å². The zero-order valence-corrected chi connectivity index (χ0v) is 11.4. The smallest absolute Gasteiger partial charge is 0.240 e. The molecule has 5 heteroatoms. The number of ether oxygens (including phenoxy) is 1. The van der Waals surface area contributed by atoms with Crippen molar-refractivity contribution in [1.82, 2.24) is 15.0 Å². The Balaban J connectivity index is 1.88. The first-order valence-corrected chi connectivity index (χ1v) is 6.31. The van der Waals surface area contributed by atoms with Crippen molar-refractivity contribution in [2.45, 2.75) is 13.0 Å². The Labute approximate surface area is 113 Å². The molecule has 1 heterocycles. The molecule has 0 amide bonds. The minimum atomic E-state index is 0.643. The van der Waals surface area contributed by atoms with Gasteiger partial charge in [0.1, 0.15) is 0 Å². The standard InChI is InChI=1S/C14H19N3O2/c1-17(8-9-18-2)11-14-15-13(16-19-14)10-12-6-4-3-5-7-12/h3-7H,8-11H2,1-2H3. The molecule has 0 aliphatic rings. The molecule has 5 nitrogen and oxygen atoms in total. The van der Waals surface area contributed by atoms with Crippen molar-refractivity contribution in [2.75, 3.05) is 27.3 Å². The summed E-state index contributed by atoms with van der Waals surface area (Å²) < 4.78 is 10.3. The van der Waals surface area contributed by atoms with Crippen LogP contribution >= 0.6 is 0 Å². The third-order valence-corrected chi connectivity index (χ3v) is 2.80. The summed E-state index contributed by atoms with van der Waals surface area (Å²) in [7, 11) is 3.69. The Morgan fingerprint density at radius 3 is 2.79 bits per heavy atom. The van der Waals surface area contributed by atoms with Crippen LogP contribution in [0.3, 0.4) is 0 Å². The molecule has 2 rings (SSSR count). The van der Waals surface area contributed by atoms with Gasteiger partial charge < -0.3 is 9.26 Å². The largest absolute Gasteiger partial charge is 0.383 e. The lowest BCUT2D eigenvalue weighted by atomic mass is 10.1. The SMILES string of the molecule is COCCN(C)Cc1nc(Cc2ccccc2)no1. The highest BCUT2D eigenvalue weighted by Gasteiger charge is 2.09. The van der Waals surface area contributed by atoms with Crippen LogP contribution in [0.15, 0.2) is 34.9 Å². The fraction of sp³-hybridized carbons (Fsp3) is 0.429. The van der Waals surface area contributed by atoms with Crippen LogP contribution in [-0.4, -0.2) is 42.3 Å². The highest BCUT2D eigenvalue weighted by atomic mass is 16.5. The van der Waals surface area contributed by atoms with Crippen LogP contribution in [0.5, 0.6) is 0 Å². The third-order valence-electron chi connectivity index (χ3n) is 2.80. The number of benzene rings is 1. The number of rotatable bonds is 7. The molecule has 0 unspecified atom stereocenters. The normalized spacial score (nSPS) is 11.1. The van der Waals surface area contributed by atoms with E-state index in [2.05, 4.69) is 27.2 Å². The second-order valence-electron chi connectivity index (χ2n) is 4.50. The van der Waals surface area contributed by atoms with Crippen LogP contribution < -0.4 is 0 Å². The van der Waals surface area contributed by atoms with E-state index in [1.54, 1.807) is 7.11 Å². The van der Waals surface area contributed by atoms with Gasteiger partial charge in [-0.2, -0.15) is 4.98 Å². The van der Waals surface area contributed by atoms with Gasteiger partial charge in [-0.1, -0.05) is 35.5 Å². The average molecular weight is 261 g/mol. The molecule has 1 aromatic carbocycles. The van der Waals surface area contributed by atoms with Gasteiger partial charge in [0.15, 0.2) is 5.82 Å². The Bertz CT molecular complexity index is 484. The summed E-state index contributed by atoms with van der Waals surface area (Å²) in [6.45, 7) is 2.18. The lowest BCUT2D eigenvalue weighted by Gasteiger charge is -2.12. The second kappa shape index (κ2) is 7.01. The molecule has 0 fully saturated rings. The predicted molar refractivity (Wildman–Crippen MR) is 71.8 cm³/mol. The maximum absolute atomic E-state index is 5.24. The maximum atomic E-state index is 5.24. The molecular weight excluding hydrogens is 242 g/mol. The van der Waals surface area contributed by atoms with Gasteiger partial charge in [-0.15, -0.1) is 0 Å². The van der Waals surface area contributed by atoms with Gasteiger partial charge in [-0.3, -0.25) is 4.90 Å². The quantitative estimate of drug-likeness (QED) is 0.760. The van der Waals surface area contributed by atoms with Crippen molar-refractivity contribution in [3.63, 3.8) is 0 Å². The van der Waals surface area contributed by atoms with E-state index in [1.165, 1.54) is 5.56 Å². The summed E-state index contributed by atoms with van der Waals surface area (Å²) in [5, 5.41) is 4.00. The van der Waals surface area contributed by atoms with Gasteiger partial charge in [-0.25, -0.2) is 0 Å². The van der Waals surface area contributed by atoms with Gasteiger partial charge >= 0.3 is 0 Å². The number of nitrogens with zero attached hydrogens (tertiary/aromatic N) is 3. The van der Waals surface area contributed by atoms with Crippen LogP contribution in [0, 0.1) is 0 Å². The Kier molecular flexibility index (Phi) is 5.06. The summed E-state index contributed by atoms with van der Waals surface area (Å²) in [6, 6.07) is 10.1. The number of aromatic nitrogens is 2. The molecule has 0 atom stereocenters. The highest BCUT2D eigenvalue weighted by molar-refractivity contribution is 5.18. The third kappa shape index (κ3) is 4.46. The fourth-order valence-corrected chi connectivity index (χ4v) is 1.76. The van der Waals surface area contributed by atoms with E-state index in [4.69, 9.17) is 9.26 Å². The predicted octanol–water partition coefficient (Wildman–Crippen LogP) is 1.74. The molecule has 0 radical (unpaired) electrons. The monoisotopic (exact) mass is 261 g/mol. The van der Waals surface area contributed by atoms with Gasteiger partial charge in [0.25, 0.3) is 0 Å². The van der Waals surface area contributed by atoms with E-state index in [0.29, 0.717) is 25.5 Å². The molecule has 1 aromatic heterocycles. The lowest BCUT2D eigenvalue weighted by Crippen LogP contribution is -2.22. The van der Waals surface area contributed by atoms with Gasteiger partial charge in [0.2, 0.25) is 5.89 Å². The van der Waals surface area contributed by atoms with Crippen molar-refractivity contribution in [2.24, 2.45) is 0 Å². The minimum Gasteiger partial charge on any atom is -0.383 e. The second-order valence-corrected chi connectivity index (χ2v) is 4.50. The molecule has 0 N–H and O–H groups in total. The van der Waals surface area contributed by atoms with Crippen molar-refractivity contribution in [1.29, 1.82) is 0 Å². The van der Waals surface area contributed by atoms with E-state index in [0.717, 1.165) is 12.4 Å². The first-order valence-electron chi connectivity index (χ1n) is 6.31. The van der Waals surface area contributed by atoms with Crippen LogP contribution in [0.1, 0.15) is 17.3 Å². The van der Waals surface area contributed by atoms with E-state index in [9.17, 15) is 0 Å². The zero-order chi connectivity index (χ0) is 13.5. The first kappa shape index (κ1) is 13.7. The molecule has 0 bridgehead atoms. The topological polar surface area (TPSA) is 51.4 Å². The van der Waals surface area contributed by atoms with Crippen LogP contribution in [0.2, 0.25) is 0 Å². The maximum Gasteiger partial charge on any atom is 0.240 e. The van der Waals surface area contributed by atoms with Gasteiger partial charge in [0, 0.05) is 20.1 Å². The van der Waals surface area contributed by atoms with Gasteiger partial charge in [-0.05, 0) is 12.6 Å². The zero-order valence-electron chi connectivity index (χ0n) is 11.4. The highest BCUT2D eigenvalue weighted by Crippen LogP contribution is 2.07. The van der Waals surface area contributed by atoms with Crippen LogP contribution in [0.25, 0.3) is 0 Å². The number of methoxy groups -OCH3 is 1.